The number of benzene rings is 1. The van der Waals surface area contributed by atoms with Gasteiger partial charge in [0.15, 0.2) is 11.6 Å². The van der Waals surface area contributed by atoms with E-state index < -0.39 is 5.79 Å². The van der Waals surface area contributed by atoms with Gasteiger partial charge in [0, 0.05) is 11.6 Å². The van der Waals surface area contributed by atoms with Crippen LogP contribution in [0.1, 0.15) is 19.4 Å². The van der Waals surface area contributed by atoms with Crippen LogP contribution in [0, 0.1) is 0 Å². The zero-order valence-electron chi connectivity index (χ0n) is 11.6. The second-order valence-electron chi connectivity index (χ2n) is 5.01. The molecule has 1 aliphatic heterocycles. The maximum atomic E-state index is 8.67. The fourth-order valence-electron chi connectivity index (χ4n) is 1.92. The summed E-state index contributed by atoms with van der Waals surface area (Å²) < 4.78 is 16.7. The van der Waals surface area contributed by atoms with E-state index in [1.54, 1.807) is 0 Å². The van der Waals surface area contributed by atoms with Gasteiger partial charge in [-0.05, 0) is 19.9 Å². The fraction of sp³-hybridized carbons (Fsp3) is 0.462. The Kier molecular flexibility index (Phi) is 4.83. The summed E-state index contributed by atoms with van der Waals surface area (Å²) >= 11 is 12.1. The third-order valence-electron chi connectivity index (χ3n) is 2.90. The largest absolute Gasteiger partial charge is 0.489 e. The van der Waals surface area contributed by atoms with Crippen LogP contribution in [0.5, 0.6) is 5.75 Å². The molecule has 1 fully saturated rings. The Labute approximate surface area is 132 Å². The highest BCUT2D eigenvalue weighted by molar-refractivity contribution is 6.36. The summed E-state index contributed by atoms with van der Waals surface area (Å²) in [5.74, 6) is -0.335. The lowest BCUT2D eigenvalue weighted by atomic mass is 10.2. The van der Waals surface area contributed by atoms with Gasteiger partial charge in [-0.2, -0.15) is 0 Å². The zero-order valence-corrected chi connectivity index (χ0v) is 13.1. The Morgan fingerprint density at radius 1 is 1.48 bits per heavy atom. The molecule has 0 spiro atoms. The van der Waals surface area contributed by atoms with Gasteiger partial charge in [0.1, 0.15) is 18.5 Å². The molecule has 0 aliphatic carbocycles. The van der Waals surface area contributed by atoms with Crippen LogP contribution in [0.2, 0.25) is 10.0 Å². The van der Waals surface area contributed by atoms with E-state index in [0.29, 0.717) is 22.9 Å². The predicted octanol–water partition coefficient (Wildman–Crippen LogP) is 2.62. The number of hydrogen-bond acceptors (Lipinski definition) is 5. The topological polar surface area (TPSA) is 86.3 Å². The van der Waals surface area contributed by atoms with Crippen molar-refractivity contribution in [2.24, 2.45) is 10.9 Å². The van der Waals surface area contributed by atoms with Crippen LogP contribution in [0.25, 0.3) is 0 Å². The molecule has 1 aliphatic rings. The Morgan fingerprint density at radius 3 is 2.76 bits per heavy atom. The minimum absolute atomic E-state index is 0.122. The summed E-state index contributed by atoms with van der Waals surface area (Å²) in [6.07, 6.45) is -0.182. The molecule has 0 aromatic heterocycles. The number of nitrogens with two attached hydrogens (primary N) is 1. The second kappa shape index (κ2) is 6.27. The molecule has 1 heterocycles. The lowest BCUT2D eigenvalue weighted by molar-refractivity contribution is -0.141. The van der Waals surface area contributed by atoms with Crippen molar-refractivity contribution in [3.63, 3.8) is 0 Å². The van der Waals surface area contributed by atoms with Gasteiger partial charge in [-0.1, -0.05) is 28.4 Å². The highest BCUT2D eigenvalue weighted by atomic mass is 35.5. The van der Waals surface area contributed by atoms with E-state index in [2.05, 4.69) is 5.16 Å². The number of nitrogens with zero attached hydrogens (tertiary/aromatic N) is 1. The smallest absolute Gasteiger partial charge is 0.171 e. The van der Waals surface area contributed by atoms with Crippen LogP contribution in [-0.2, 0) is 9.47 Å². The van der Waals surface area contributed by atoms with E-state index in [9.17, 15) is 0 Å². The molecule has 116 valence electrons. The third kappa shape index (κ3) is 3.91. The standard InChI is InChI=1S/C13H16Cl2N2O4/c1-13(2)20-6-7(21-13)5-19-11-4-9(14)8(3-10(11)15)12(16)17-18/h3-4,7,18H,5-6H2,1-2H3,(H2,16,17). The van der Waals surface area contributed by atoms with Gasteiger partial charge >= 0.3 is 0 Å². The highest BCUT2D eigenvalue weighted by Gasteiger charge is 2.33. The van der Waals surface area contributed by atoms with E-state index in [1.807, 2.05) is 13.8 Å². The molecule has 6 nitrogen and oxygen atoms in total. The van der Waals surface area contributed by atoms with Crippen molar-refractivity contribution in [1.29, 1.82) is 0 Å². The second-order valence-corrected chi connectivity index (χ2v) is 5.82. The van der Waals surface area contributed by atoms with Gasteiger partial charge < -0.3 is 25.2 Å². The molecular formula is C13H16Cl2N2O4. The first-order valence-electron chi connectivity index (χ1n) is 6.24. The number of halogens is 2. The fourth-order valence-corrected chi connectivity index (χ4v) is 2.39. The summed E-state index contributed by atoms with van der Waals surface area (Å²) in [7, 11) is 0. The summed E-state index contributed by atoms with van der Waals surface area (Å²) in [6, 6.07) is 2.99. The number of amidine groups is 1. The number of oxime groups is 1. The molecule has 0 radical (unpaired) electrons. The van der Waals surface area contributed by atoms with Crippen LogP contribution < -0.4 is 10.5 Å². The van der Waals surface area contributed by atoms with Crippen molar-refractivity contribution in [2.75, 3.05) is 13.2 Å². The predicted molar refractivity (Wildman–Crippen MR) is 79.4 cm³/mol. The highest BCUT2D eigenvalue weighted by Crippen LogP contribution is 2.32. The Balaban J connectivity index is 2.06. The van der Waals surface area contributed by atoms with Crippen LogP contribution >= 0.6 is 23.2 Å². The first-order chi connectivity index (χ1) is 9.82. The number of rotatable bonds is 4. The maximum absolute atomic E-state index is 8.67. The normalized spacial score (nSPS) is 21.5. The van der Waals surface area contributed by atoms with Crippen molar-refractivity contribution in [3.8, 4) is 5.75 Å². The Bertz CT molecular complexity index is 563. The number of hydrogen-bond donors (Lipinski definition) is 2. The SMILES string of the molecule is CC1(C)OCC(COc2cc(Cl)c(C(N)=NO)cc2Cl)O1. The summed E-state index contributed by atoms with van der Waals surface area (Å²) in [5, 5.41) is 12.1. The molecule has 8 heteroatoms. The molecular weight excluding hydrogens is 319 g/mol. The molecule has 2 rings (SSSR count). The first-order valence-corrected chi connectivity index (χ1v) is 6.99. The molecule has 0 amide bonds. The van der Waals surface area contributed by atoms with Crippen molar-refractivity contribution < 1.29 is 19.4 Å². The quantitative estimate of drug-likeness (QED) is 0.382. The van der Waals surface area contributed by atoms with Crippen LogP contribution in [0.4, 0.5) is 0 Å². The van der Waals surface area contributed by atoms with Crippen molar-refractivity contribution in [2.45, 2.75) is 25.7 Å². The van der Waals surface area contributed by atoms with Gasteiger partial charge in [0.25, 0.3) is 0 Å². The van der Waals surface area contributed by atoms with E-state index in [4.69, 9.17) is 48.4 Å². The summed E-state index contributed by atoms with van der Waals surface area (Å²) in [4.78, 5) is 0. The average molecular weight is 335 g/mol. The summed E-state index contributed by atoms with van der Waals surface area (Å²) in [5.41, 5.74) is 5.83. The van der Waals surface area contributed by atoms with Gasteiger partial charge in [-0.3, -0.25) is 0 Å². The lowest BCUT2D eigenvalue weighted by Gasteiger charge is -2.17. The number of ether oxygens (including phenoxy) is 3. The van der Waals surface area contributed by atoms with E-state index in [1.165, 1.54) is 12.1 Å². The van der Waals surface area contributed by atoms with Gasteiger partial charge in [-0.15, -0.1) is 0 Å². The monoisotopic (exact) mass is 334 g/mol. The molecule has 21 heavy (non-hydrogen) atoms. The molecule has 1 atom stereocenters. The molecule has 0 saturated carbocycles. The third-order valence-corrected chi connectivity index (χ3v) is 3.51. The molecule has 1 aromatic rings. The van der Waals surface area contributed by atoms with E-state index >= 15 is 0 Å². The van der Waals surface area contributed by atoms with Crippen molar-refractivity contribution in [3.05, 3.63) is 27.7 Å². The van der Waals surface area contributed by atoms with Crippen LogP contribution in [0.15, 0.2) is 17.3 Å². The van der Waals surface area contributed by atoms with Gasteiger partial charge in [0.05, 0.1) is 16.7 Å². The van der Waals surface area contributed by atoms with E-state index in [0.717, 1.165) is 0 Å². The molecule has 1 unspecified atom stereocenters. The molecule has 3 N–H and O–H groups in total. The van der Waals surface area contributed by atoms with Crippen LogP contribution in [-0.4, -0.2) is 36.1 Å². The van der Waals surface area contributed by atoms with Crippen LogP contribution in [0.3, 0.4) is 0 Å². The lowest BCUT2D eigenvalue weighted by Crippen LogP contribution is -2.25. The summed E-state index contributed by atoms with van der Waals surface area (Å²) in [6.45, 7) is 4.40. The van der Waals surface area contributed by atoms with Crippen molar-refractivity contribution in [1.82, 2.24) is 0 Å². The van der Waals surface area contributed by atoms with Crippen molar-refractivity contribution >= 4 is 29.0 Å². The molecule has 1 saturated heterocycles. The van der Waals surface area contributed by atoms with E-state index in [-0.39, 0.29) is 23.6 Å². The minimum atomic E-state index is -0.606. The zero-order chi connectivity index (χ0) is 15.6. The molecule has 1 aromatic carbocycles. The maximum Gasteiger partial charge on any atom is 0.171 e. The Hall–Kier alpha value is -1.21. The Morgan fingerprint density at radius 2 is 2.19 bits per heavy atom. The first kappa shape index (κ1) is 16.2. The average Bonchev–Trinajstić information content (AvgIpc) is 2.78. The minimum Gasteiger partial charge on any atom is -0.489 e. The molecule has 0 bridgehead atoms. The van der Waals surface area contributed by atoms with Gasteiger partial charge in [0.2, 0.25) is 0 Å². The van der Waals surface area contributed by atoms with Gasteiger partial charge in [-0.25, -0.2) is 0 Å².